The van der Waals surface area contributed by atoms with Gasteiger partial charge < -0.3 is 10.5 Å². The second-order valence-electron chi connectivity index (χ2n) is 4.97. The molecule has 2 nitrogen and oxygen atoms in total. The molecule has 0 unspecified atom stereocenters. The van der Waals surface area contributed by atoms with Crippen molar-refractivity contribution in [2.45, 2.75) is 26.7 Å². The van der Waals surface area contributed by atoms with Gasteiger partial charge in [0.25, 0.3) is 0 Å². The minimum Gasteiger partial charge on any atom is -0.454 e. The van der Waals surface area contributed by atoms with Gasteiger partial charge in [-0.2, -0.15) is 0 Å². The monoisotopic (exact) mass is 259 g/mol. The minimum atomic E-state index is -0.453. The lowest BCUT2D eigenvalue weighted by molar-refractivity contribution is 0.442. The van der Waals surface area contributed by atoms with Crippen LogP contribution in [0.15, 0.2) is 36.4 Å². The molecule has 19 heavy (non-hydrogen) atoms. The number of hydrogen-bond donors (Lipinski definition) is 1. The fourth-order valence-electron chi connectivity index (χ4n) is 2.09. The molecule has 0 saturated carbocycles. The van der Waals surface area contributed by atoms with Gasteiger partial charge in [-0.25, -0.2) is 4.39 Å². The van der Waals surface area contributed by atoms with Crippen LogP contribution in [-0.2, 0) is 0 Å². The zero-order valence-corrected chi connectivity index (χ0v) is 11.4. The van der Waals surface area contributed by atoms with E-state index in [0.29, 0.717) is 17.4 Å². The van der Waals surface area contributed by atoms with Crippen LogP contribution in [0.1, 0.15) is 30.9 Å². The SMILES string of the molecule is Cc1cc(Oc2ccc(N)cc2F)ccc1C(C)C. The summed E-state index contributed by atoms with van der Waals surface area (Å²) in [6, 6.07) is 10.2. The molecule has 0 radical (unpaired) electrons. The summed E-state index contributed by atoms with van der Waals surface area (Å²) in [6.07, 6.45) is 0. The molecule has 2 aromatic rings. The number of nitrogen functional groups attached to an aromatic ring is 1. The summed E-state index contributed by atoms with van der Waals surface area (Å²) in [6.45, 7) is 6.31. The van der Waals surface area contributed by atoms with Crippen molar-refractivity contribution in [3.8, 4) is 11.5 Å². The number of nitrogens with two attached hydrogens (primary N) is 1. The molecule has 2 aromatic carbocycles. The molecule has 0 atom stereocenters. The maximum atomic E-state index is 13.6. The number of hydrogen-bond acceptors (Lipinski definition) is 2. The van der Waals surface area contributed by atoms with Crippen LogP contribution in [0.5, 0.6) is 11.5 Å². The fourth-order valence-corrected chi connectivity index (χ4v) is 2.09. The molecule has 0 heterocycles. The topological polar surface area (TPSA) is 35.2 Å². The third-order valence-corrected chi connectivity index (χ3v) is 3.05. The molecule has 3 heteroatoms. The summed E-state index contributed by atoms with van der Waals surface area (Å²) in [7, 11) is 0. The number of aryl methyl sites for hydroxylation is 1. The van der Waals surface area contributed by atoms with E-state index < -0.39 is 5.82 Å². The number of anilines is 1. The molecule has 0 fully saturated rings. The first-order valence-corrected chi connectivity index (χ1v) is 6.31. The van der Waals surface area contributed by atoms with Crippen LogP contribution in [0.3, 0.4) is 0 Å². The second-order valence-corrected chi connectivity index (χ2v) is 4.97. The Labute approximate surface area is 113 Å². The van der Waals surface area contributed by atoms with Crippen LogP contribution in [0.25, 0.3) is 0 Å². The Morgan fingerprint density at radius 3 is 2.42 bits per heavy atom. The molecule has 0 aromatic heterocycles. The summed E-state index contributed by atoms with van der Waals surface area (Å²) in [5.74, 6) is 0.823. The molecular weight excluding hydrogens is 241 g/mol. The van der Waals surface area contributed by atoms with Crippen LogP contribution < -0.4 is 10.5 Å². The first-order valence-electron chi connectivity index (χ1n) is 6.31. The summed E-state index contributed by atoms with van der Waals surface area (Å²) in [5.41, 5.74) is 8.30. The first-order chi connectivity index (χ1) is 8.97. The van der Waals surface area contributed by atoms with Crippen LogP contribution >= 0.6 is 0 Å². The van der Waals surface area contributed by atoms with Crippen LogP contribution in [0, 0.1) is 12.7 Å². The van der Waals surface area contributed by atoms with E-state index in [1.165, 1.54) is 17.7 Å². The van der Waals surface area contributed by atoms with Crippen LogP contribution in [0.4, 0.5) is 10.1 Å². The Morgan fingerprint density at radius 1 is 1.11 bits per heavy atom. The van der Waals surface area contributed by atoms with Gasteiger partial charge in [0.1, 0.15) is 5.75 Å². The molecule has 100 valence electrons. The van der Waals surface area contributed by atoms with Crippen molar-refractivity contribution >= 4 is 5.69 Å². The second kappa shape index (κ2) is 5.31. The first kappa shape index (κ1) is 13.4. The van der Waals surface area contributed by atoms with E-state index in [9.17, 15) is 4.39 Å². The highest BCUT2D eigenvalue weighted by Gasteiger charge is 2.08. The predicted molar refractivity (Wildman–Crippen MR) is 76.2 cm³/mol. The van der Waals surface area contributed by atoms with Crippen molar-refractivity contribution < 1.29 is 9.13 Å². The highest BCUT2D eigenvalue weighted by atomic mass is 19.1. The van der Waals surface area contributed by atoms with Crippen molar-refractivity contribution in [1.82, 2.24) is 0 Å². The molecule has 0 saturated heterocycles. The maximum Gasteiger partial charge on any atom is 0.167 e. The quantitative estimate of drug-likeness (QED) is 0.815. The van der Waals surface area contributed by atoms with Gasteiger partial charge in [-0.1, -0.05) is 19.9 Å². The van der Waals surface area contributed by atoms with Gasteiger partial charge in [-0.3, -0.25) is 0 Å². The van der Waals surface area contributed by atoms with Crippen molar-refractivity contribution in [2.24, 2.45) is 0 Å². The molecule has 0 amide bonds. The lowest BCUT2D eigenvalue weighted by Gasteiger charge is -2.12. The highest BCUT2D eigenvalue weighted by Crippen LogP contribution is 2.29. The van der Waals surface area contributed by atoms with Gasteiger partial charge in [0.15, 0.2) is 11.6 Å². The van der Waals surface area contributed by atoms with Gasteiger partial charge >= 0.3 is 0 Å². The lowest BCUT2D eigenvalue weighted by Crippen LogP contribution is -1.94. The Morgan fingerprint density at radius 2 is 1.84 bits per heavy atom. The van der Waals surface area contributed by atoms with Gasteiger partial charge in [0.05, 0.1) is 0 Å². The van der Waals surface area contributed by atoms with Crippen LogP contribution in [-0.4, -0.2) is 0 Å². The average molecular weight is 259 g/mol. The Balaban J connectivity index is 2.26. The van der Waals surface area contributed by atoms with E-state index in [2.05, 4.69) is 13.8 Å². The zero-order chi connectivity index (χ0) is 14.0. The largest absolute Gasteiger partial charge is 0.454 e. The molecular formula is C16H18FNO. The van der Waals surface area contributed by atoms with Gasteiger partial charge in [0.2, 0.25) is 0 Å². The molecule has 0 spiro atoms. The van der Waals surface area contributed by atoms with E-state index >= 15 is 0 Å². The Hall–Kier alpha value is -2.03. The molecule has 0 aliphatic carbocycles. The molecule has 0 bridgehead atoms. The maximum absolute atomic E-state index is 13.6. The normalized spacial score (nSPS) is 10.8. The summed E-state index contributed by atoms with van der Waals surface area (Å²) in [5, 5.41) is 0. The van der Waals surface area contributed by atoms with E-state index in [1.54, 1.807) is 6.07 Å². The van der Waals surface area contributed by atoms with Crippen LogP contribution in [0.2, 0.25) is 0 Å². The summed E-state index contributed by atoms with van der Waals surface area (Å²) >= 11 is 0. The third kappa shape index (κ3) is 3.05. The number of benzene rings is 2. The van der Waals surface area contributed by atoms with E-state index in [1.807, 2.05) is 25.1 Å². The zero-order valence-electron chi connectivity index (χ0n) is 11.4. The van der Waals surface area contributed by atoms with Crippen molar-refractivity contribution in [2.75, 3.05) is 5.73 Å². The number of rotatable bonds is 3. The van der Waals surface area contributed by atoms with E-state index in [0.717, 1.165) is 5.56 Å². The third-order valence-electron chi connectivity index (χ3n) is 3.05. The van der Waals surface area contributed by atoms with Gasteiger partial charge in [-0.15, -0.1) is 0 Å². The number of ether oxygens (including phenoxy) is 1. The minimum absolute atomic E-state index is 0.186. The standard InChI is InChI=1S/C16H18FNO/c1-10(2)14-6-5-13(8-11(14)3)19-16-7-4-12(18)9-15(16)17/h4-10H,18H2,1-3H3. The Kier molecular flexibility index (Phi) is 3.74. The van der Waals surface area contributed by atoms with Gasteiger partial charge in [-0.05, 0) is 48.2 Å². The van der Waals surface area contributed by atoms with E-state index in [4.69, 9.17) is 10.5 Å². The molecule has 0 aliphatic rings. The van der Waals surface area contributed by atoms with E-state index in [-0.39, 0.29) is 5.75 Å². The predicted octanol–water partition coefficient (Wildman–Crippen LogP) is 4.63. The van der Waals surface area contributed by atoms with Crippen molar-refractivity contribution in [3.63, 3.8) is 0 Å². The van der Waals surface area contributed by atoms with Gasteiger partial charge in [0, 0.05) is 11.8 Å². The highest BCUT2D eigenvalue weighted by molar-refractivity contribution is 5.45. The average Bonchev–Trinajstić information content (AvgIpc) is 2.32. The number of halogens is 1. The molecule has 0 aliphatic heterocycles. The summed E-state index contributed by atoms with van der Waals surface area (Å²) < 4.78 is 19.2. The molecule has 2 N–H and O–H groups in total. The van der Waals surface area contributed by atoms with Crippen molar-refractivity contribution in [3.05, 3.63) is 53.3 Å². The Bertz CT molecular complexity index is 593. The molecule has 2 rings (SSSR count). The smallest absolute Gasteiger partial charge is 0.167 e. The fraction of sp³-hybridized carbons (Fsp3) is 0.250. The lowest BCUT2D eigenvalue weighted by atomic mass is 9.98. The van der Waals surface area contributed by atoms with Crippen molar-refractivity contribution in [1.29, 1.82) is 0 Å². The summed E-state index contributed by atoms with van der Waals surface area (Å²) in [4.78, 5) is 0.